The van der Waals surface area contributed by atoms with Crippen LogP contribution in [0.1, 0.15) is 29.2 Å². The monoisotopic (exact) mass is 267 g/mol. The first kappa shape index (κ1) is 12.2. The molecule has 0 radical (unpaired) electrons. The third-order valence-electron chi connectivity index (χ3n) is 2.05. The number of anilines is 1. The molecule has 2 aromatic heterocycles. The van der Waals surface area contributed by atoms with Crippen LogP contribution in [0.3, 0.4) is 0 Å². The minimum Gasteiger partial charge on any atom is -0.296 e. The average molecular weight is 267 g/mol. The molecule has 0 aliphatic heterocycles. The van der Waals surface area contributed by atoms with Crippen molar-refractivity contribution in [3.63, 3.8) is 0 Å². The summed E-state index contributed by atoms with van der Waals surface area (Å²) in [5.41, 5.74) is 0.663. The van der Waals surface area contributed by atoms with E-state index >= 15 is 0 Å². The van der Waals surface area contributed by atoms with Gasteiger partial charge in [0.05, 0.1) is 5.56 Å². The Bertz CT molecular complexity index is 491. The lowest BCUT2D eigenvalue weighted by Crippen LogP contribution is -2.10. The zero-order valence-corrected chi connectivity index (χ0v) is 11.3. The van der Waals surface area contributed by atoms with Crippen LogP contribution in [0, 0.1) is 5.92 Å². The van der Waals surface area contributed by atoms with E-state index in [1.807, 2.05) is 10.8 Å². The van der Waals surface area contributed by atoms with Crippen LogP contribution < -0.4 is 5.32 Å². The second-order valence-electron chi connectivity index (χ2n) is 4.07. The number of nitrogens with zero attached hydrogens (tertiary/aromatic N) is 2. The minimum absolute atomic E-state index is 0.126. The van der Waals surface area contributed by atoms with Crippen LogP contribution in [0.5, 0.6) is 0 Å². The van der Waals surface area contributed by atoms with Gasteiger partial charge in [0.2, 0.25) is 5.13 Å². The maximum absolute atomic E-state index is 11.7. The fourth-order valence-corrected chi connectivity index (χ4v) is 2.88. The average Bonchev–Trinajstić information content (AvgIpc) is 2.87. The third kappa shape index (κ3) is 3.34. The normalized spacial score (nSPS) is 10.8. The number of carbonyl (C=O) groups excluding carboxylic acids is 1. The van der Waals surface area contributed by atoms with Gasteiger partial charge in [-0.15, -0.1) is 10.2 Å². The Labute approximate surface area is 108 Å². The number of hydrogen-bond acceptors (Lipinski definition) is 5. The van der Waals surface area contributed by atoms with E-state index in [4.69, 9.17) is 0 Å². The molecule has 17 heavy (non-hydrogen) atoms. The van der Waals surface area contributed by atoms with Gasteiger partial charge in [-0.25, -0.2) is 0 Å². The van der Waals surface area contributed by atoms with E-state index in [0.29, 0.717) is 16.6 Å². The fourth-order valence-electron chi connectivity index (χ4n) is 1.30. The number of thiophene rings is 1. The SMILES string of the molecule is CC(C)Cc1nnc(NC(=O)c2ccsc2)s1. The molecule has 0 unspecified atom stereocenters. The first-order valence-corrected chi connectivity index (χ1v) is 7.07. The predicted octanol–water partition coefficient (Wildman–Crippen LogP) is 3.05. The summed E-state index contributed by atoms with van der Waals surface area (Å²) < 4.78 is 0. The largest absolute Gasteiger partial charge is 0.296 e. The van der Waals surface area contributed by atoms with E-state index < -0.39 is 0 Å². The van der Waals surface area contributed by atoms with Gasteiger partial charge in [-0.3, -0.25) is 10.1 Å². The summed E-state index contributed by atoms with van der Waals surface area (Å²) in [6, 6.07) is 1.79. The predicted molar refractivity (Wildman–Crippen MR) is 70.7 cm³/mol. The number of aromatic nitrogens is 2. The van der Waals surface area contributed by atoms with Crippen LogP contribution in [-0.4, -0.2) is 16.1 Å². The number of rotatable bonds is 4. The Balaban J connectivity index is 1.99. The molecule has 0 aliphatic rings. The van der Waals surface area contributed by atoms with Crippen LogP contribution in [0.4, 0.5) is 5.13 Å². The van der Waals surface area contributed by atoms with Crippen molar-refractivity contribution >= 4 is 33.7 Å². The summed E-state index contributed by atoms with van der Waals surface area (Å²) in [6.45, 7) is 4.26. The van der Waals surface area contributed by atoms with Crippen molar-refractivity contribution in [1.82, 2.24) is 10.2 Å². The topological polar surface area (TPSA) is 54.9 Å². The highest BCUT2D eigenvalue weighted by Gasteiger charge is 2.10. The Kier molecular flexibility index (Phi) is 3.86. The molecule has 90 valence electrons. The molecule has 0 aromatic carbocycles. The Morgan fingerprint density at radius 2 is 2.29 bits per heavy atom. The van der Waals surface area contributed by atoms with Crippen molar-refractivity contribution in [2.45, 2.75) is 20.3 Å². The molecule has 2 rings (SSSR count). The maximum Gasteiger partial charge on any atom is 0.258 e. The second-order valence-corrected chi connectivity index (χ2v) is 5.91. The fraction of sp³-hybridized carbons (Fsp3) is 0.364. The lowest BCUT2D eigenvalue weighted by atomic mass is 10.1. The van der Waals surface area contributed by atoms with Crippen molar-refractivity contribution in [2.75, 3.05) is 5.32 Å². The van der Waals surface area contributed by atoms with E-state index in [1.165, 1.54) is 22.7 Å². The zero-order chi connectivity index (χ0) is 12.3. The number of nitrogens with one attached hydrogen (secondary N) is 1. The Hall–Kier alpha value is -1.27. The minimum atomic E-state index is -0.126. The van der Waals surface area contributed by atoms with Crippen molar-refractivity contribution in [1.29, 1.82) is 0 Å². The molecule has 2 aromatic rings. The van der Waals surface area contributed by atoms with Crippen molar-refractivity contribution < 1.29 is 4.79 Å². The molecule has 0 saturated heterocycles. The molecule has 0 spiro atoms. The highest BCUT2D eigenvalue weighted by Crippen LogP contribution is 2.19. The molecule has 0 bridgehead atoms. The lowest BCUT2D eigenvalue weighted by molar-refractivity contribution is 0.102. The number of amides is 1. The van der Waals surface area contributed by atoms with E-state index in [9.17, 15) is 4.79 Å². The van der Waals surface area contributed by atoms with Crippen LogP contribution in [-0.2, 0) is 6.42 Å². The Morgan fingerprint density at radius 3 is 2.94 bits per heavy atom. The van der Waals surface area contributed by atoms with Crippen molar-refractivity contribution in [2.24, 2.45) is 5.92 Å². The van der Waals surface area contributed by atoms with Crippen LogP contribution >= 0.6 is 22.7 Å². The van der Waals surface area contributed by atoms with E-state index in [2.05, 4.69) is 29.4 Å². The lowest BCUT2D eigenvalue weighted by Gasteiger charge is -1.98. The molecule has 6 heteroatoms. The van der Waals surface area contributed by atoms with Crippen molar-refractivity contribution in [3.05, 3.63) is 27.4 Å². The first-order chi connectivity index (χ1) is 8.15. The molecule has 1 N–H and O–H groups in total. The number of hydrogen-bond donors (Lipinski definition) is 1. The van der Waals surface area contributed by atoms with Crippen LogP contribution in [0.2, 0.25) is 0 Å². The maximum atomic E-state index is 11.7. The summed E-state index contributed by atoms with van der Waals surface area (Å²) >= 11 is 2.93. The van der Waals surface area contributed by atoms with Crippen molar-refractivity contribution in [3.8, 4) is 0 Å². The van der Waals surface area contributed by atoms with E-state index in [0.717, 1.165) is 11.4 Å². The van der Waals surface area contributed by atoms with Gasteiger partial charge in [0, 0.05) is 11.8 Å². The highest BCUT2D eigenvalue weighted by atomic mass is 32.1. The van der Waals surface area contributed by atoms with Gasteiger partial charge in [0.1, 0.15) is 5.01 Å². The molecule has 0 saturated carbocycles. The smallest absolute Gasteiger partial charge is 0.258 e. The molecule has 4 nitrogen and oxygen atoms in total. The van der Waals surface area contributed by atoms with Gasteiger partial charge in [0.15, 0.2) is 0 Å². The van der Waals surface area contributed by atoms with E-state index in [-0.39, 0.29) is 5.91 Å². The van der Waals surface area contributed by atoms with Crippen LogP contribution in [0.15, 0.2) is 16.8 Å². The molecule has 1 amide bonds. The van der Waals surface area contributed by atoms with Gasteiger partial charge in [-0.05, 0) is 17.4 Å². The molecular formula is C11H13N3OS2. The summed E-state index contributed by atoms with van der Waals surface area (Å²) in [4.78, 5) is 11.7. The summed E-state index contributed by atoms with van der Waals surface area (Å²) in [6.07, 6.45) is 0.895. The number of carbonyl (C=O) groups is 1. The second kappa shape index (κ2) is 5.37. The standard InChI is InChI=1S/C11H13N3OS2/c1-7(2)5-9-13-14-11(17-9)12-10(15)8-3-4-16-6-8/h3-4,6-7H,5H2,1-2H3,(H,12,14,15). The molecule has 0 atom stereocenters. The van der Waals surface area contributed by atoms with Gasteiger partial charge in [-0.2, -0.15) is 11.3 Å². The summed E-state index contributed by atoms with van der Waals surface area (Å²) in [5, 5.41) is 16.0. The summed E-state index contributed by atoms with van der Waals surface area (Å²) in [7, 11) is 0. The molecule has 0 aliphatic carbocycles. The van der Waals surface area contributed by atoms with Crippen LogP contribution in [0.25, 0.3) is 0 Å². The van der Waals surface area contributed by atoms with Gasteiger partial charge in [-0.1, -0.05) is 25.2 Å². The molecule has 0 fully saturated rings. The van der Waals surface area contributed by atoms with E-state index in [1.54, 1.807) is 6.07 Å². The first-order valence-electron chi connectivity index (χ1n) is 5.31. The van der Waals surface area contributed by atoms with Gasteiger partial charge < -0.3 is 0 Å². The van der Waals surface area contributed by atoms with Gasteiger partial charge in [0.25, 0.3) is 5.91 Å². The molecular weight excluding hydrogens is 254 g/mol. The Morgan fingerprint density at radius 1 is 1.47 bits per heavy atom. The quantitative estimate of drug-likeness (QED) is 0.926. The highest BCUT2D eigenvalue weighted by molar-refractivity contribution is 7.15. The molecule has 2 heterocycles. The zero-order valence-electron chi connectivity index (χ0n) is 9.64. The summed E-state index contributed by atoms with van der Waals surface area (Å²) in [5.74, 6) is 0.418. The third-order valence-corrected chi connectivity index (χ3v) is 3.60. The van der Waals surface area contributed by atoms with Gasteiger partial charge >= 0.3 is 0 Å².